The zero-order chi connectivity index (χ0) is 7.70. The Morgan fingerprint density at radius 3 is 1.67 bits per heavy atom. The minimum Gasteiger partial charge on any atom is -0.212 e. The molecule has 0 bridgehead atoms. The summed E-state index contributed by atoms with van der Waals surface area (Å²) in [4.78, 5) is 0. The molecule has 0 radical (unpaired) electrons. The zero-order valence-electron chi connectivity index (χ0n) is 6.71. The van der Waals surface area contributed by atoms with E-state index in [0.717, 1.165) is 6.42 Å². The van der Waals surface area contributed by atoms with Crippen LogP contribution in [0.5, 0.6) is 0 Å². The third-order valence-corrected chi connectivity index (χ3v) is 0.521. The highest BCUT2D eigenvalue weighted by molar-refractivity contribution is 4.77. The highest BCUT2D eigenvalue weighted by Gasteiger charge is 1.81. The molecule has 0 saturated carbocycles. The molecule has 56 valence electrons. The number of hydrogen-bond acceptors (Lipinski definition) is 0. The fourth-order valence-electron chi connectivity index (χ4n) is 0.271. The molecule has 0 saturated heterocycles. The molecule has 1 heteroatoms. The summed E-state index contributed by atoms with van der Waals surface area (Å²) in [6.07, 6.45) is 2.62. The summed E-state index contributed by atoms with van der Waals surface area (Å²) >= 11 is 0. The Balaban J connectivity index is 0. The molecule has 0 amide bonds. The van der Waals surface area contributed by atoms with Crippen molar-refractivity contribution in [3.05, 3.63) is 12.4 Å². The minimum atomic E-state index is -0.211. The van der Waals surface area contributed by atoms with Crippen LogP contribution in [0, 0.1) is 0 Å². The molecule has 0 atom stereocenters. The SMILES string of the molecule is C=C(F)CCC.CCC. The lowest BCUT2D eigenvalue weighted by Gasteiger charge is -1.82. The van der Waals surface area contributed by atoms with Crippen LogP contribution in [0.15, 0.2) is 12.4 Å². The van der Waals surface area contributed by atoms with Crippen LogP contribution in [0.1, 0.15) is 40.0 Å². The van der Waals surface area contributed by atoms with E-state index in [1.165, 1.54) is 6.42 Å². The summed E-state index contributed by atoms with van der Waals surface area (Å²) in [7, 11) is 0. The maximum atomic E-state index is 11.5. The first-order valence-electron chi connectivity index (χ1n) is 3.52. The largest absolute Gasteiger partial charge is 0.212 e. The maximum Gasteiger partial charge on any atom is 0.0927 e. The fourth-order valence-corrected chi connectivity index (χ4v) is 0.271. The van der Waals surface area contributed by atoms with Gasteiger partial charge in [-0.25, -0.2) is 4.39 Å². The van der Waals surface area contributed by atoms with Crippen LogP contribution >= 0.6 is 0 Å². The second-order valence-corrected chi connectivity index (χ2v) is 1.97. The Kier molecular flexibility index (Phi) is 13.5. The van der Waals surface area contributed by atoms with E-state index >= 15 is 0 Å². The average molecular weight is 132 g/mol. The second kappa shape index (κ2) is 10.6. The molecule has 0 unspecified atom stereocenters. The van der Waals surface area contributed by atoms with E-state index in [-0.39, 0.29) is 5.83 Å². The van der Waals surface area contributed by atoms with Crippen LogP contribution in [0.2, 0.25) is 0 Å². The number of rotatable bonds is 2. The molecule has 9 heavy (non-hydrogen) atoms. The maximum absolute atomic E-state index is 11.5. The van der Waals surface area contributed by atoms with E-state index in [1.54, 1.807) is 0 Å². The molecule has 0 fully saturated rings. The molecule has 0 aromatic heterocycles. The van der Waals surface area contributed by atoms with Crippen molar-refractivity contribution in [3.8, 4) is 0 Å². The molecular formula is C8H17F. The molecule has 0 spiro atoms. The summed E-state index contributed by atoms with van der Waals surface area (Å²) in [5.74, 6) is -0.211. The van der Waals surface area contributed by atoms with Crippen molar-refractivity contribution in [1.29, 1.82) is 0 Å². The van der Waals surface area contributed by atoms with Crippen LogP contribution < -0.4 is 0 Å². The Hall–Kier alpha value is -0.330. The van der Waals surface area contributed by atoms with E-state index in [0.29, 0.717) is 6.42 Å². The van der Waals surface area contributed by atoms with Gasteiger partial charge in [0.25, 0.3) is 0 Å². The van der Waals surface area contributed by atoms with Gasteiger partial charge in [-0.3, -0.25) is 0 Å². The predicted molar refractivity (Wildman–Crippen MR) is 41.1 cm³/mol. The van der Waals surface area contributed by atoms with Gasteiger partial charge in [0, 0.05) is 0 Å². The molecular weight excluding hydrogens is 115 g/mol. The molecule has 0 N–H and O–H groups in total. The summed E-state index contributed by atoms with van der Waals surface area (Å²) in [5.41, 5.74) is 0. The first-order valence-corrected chi connectivity index (χ1v) is 3.52. The first-order chi connectivity index (χ1) is 4.18. The molecule has 0 aromatic carbocycles. The van der Waals surface area contributed by atoms with Crippen LogP contribution in [0.25, 0.3) is 0 Å². The van der Waals surface area contributed by atoms with Crippen LogP contribution in [0.4, 0.5) is 4.39 Å². The standard InChI is InChI=1S/C5H9F.C3H8/c1-3-4-5(2)6;1-3-2/h2-4H2,1H3;3H2,1-2H3. The zero-order valence-corrected chi connectivity index (χ0v) is 6.71. The van der Waals surface area contributed by atoms with Crippen LogP contribution in [0.3, 0.4) is 0 Å². The van der Waals surface area contributed by atoms with E-state index < -0.39 is 0 Å². The van der Waals surface area contributed by atoms with Gasteiger partial charge in [-0.05, 0) is 12.8 Å². The monoisotopic (exact) mass is 132 g/mol. The van der Waals surface area contributed by atoms with Crippen LogP contribution in [-0.2, 0) is 0 Å². The van der Waals surface area contributed by atoms with Gasteiger partial charge < -0.3 is 0 Å². The summed E-state index contributed by atoms with van der Waals surface area (Å²) < 4.78 is 11.5. The van der Waals surface area contributed by atoms with E-state index in [2.05, 4.69) is 20.4 Å². The van der Waals surface area contributed by atoms with Gasteiger partial charge in [0.05, 0.1) is 5.83 Å². The van der Waals surface area contributed by atoms with Gasteiger partial charge in [0.2, 0.25) is 0 Å². The van der Waals surface area contributed by atoms with Crippen molar-refractivity contribution in [2.24, 2.45) is 0 Å². The van der Waals surface area contributed by atoms with Crippen molar-refractivity contribution in [2.75, 3.05) is 0 Å². The van der Waals surface area contributed by atoms with Gasteiger partial charge >= 0.3 is 0 Å². The Bertz CT molecular complexity index is 57.6. The fraction of sp³-hybridized carbons (Fsp3) is 0.750. The van der Waals surface area contributed by atoms with E-state index in [4.69, 9.17) is 0 Å². The van der Waals surface area contributed by atoms with Gasteiger partial charge in [-0.1, -0.05) is 33.8 Å². The lowest BCUT2D eigenvalue weighted by molar-refractivity contribution is 0.588. The number of hydrogen-bond donors (Lipinski definition) is 0. The molecule has 0 aromatic rings. The lowest BCUT2D eigenvalue weighted by Crippen LogP contribution is -1.64. The Morgan fingerprint density at radius 2 is 1.67 bits per heavy atom. The highest BCUT2D eigenvalue weighted by Crippen LogP contribution is 1.99. The Labute approximate surface area is 57.8 Å². The summed E-state index contributed by atoms with van der Waals surface area (Å²) in [6.45, 7) is 9.25. The van der Waals surface area contributed by atoms with Crippen molar-refractivity contribution in [1.82, 2.24) is 0 Å². The van der Waals surface area contributed by atoms with Gasteiger partial charge in [0.1, 0.15) is 0 Å². The molecule has 0 aliphatic rings. The quantitative estimate of drug-likeness (QED) is 0.537. The molecule has 0 aliphatic carbocycles. The highest BCUT2D eigenvalue weighted by atomic mass is 19.1. The predicted octanol–water partition coefficient (Wildman–Crippen LogP) is 3.69. The minimum absolute atomic E-state index is 0.211. The molecule has 0 aliphatic heterocycles. The summed E-state index contributed by atoms with van der Waals surface area (Å²) in [6, 6.07) is 0. The van der Waals surface area contributed by atoms with Crippen molar-refractivity contribution in [3.63, 3.8) is 0 Å². The third kappa shape index (κ3) is 34.6. The van der Waals surface area contributed by atoms with Crippen molar-refractivity contribution < 1.29 is 4.39 Å². The lowest BCUT2D eigenvalue weighted by atomic mass is 10.3. The smallest absolute Gasteiger partial charge is 0.0927 e. The number of allylic oxidation sites excluding steroid dienone is 1. The topological polar surface area (TPSA) is 0 Å². The van der Waals surface area contributed by atoms with Crippen LogP contribution in [-0.4, -0.2) is 0 Å². The van der Waals surface area contributed by atoms with Gasteiger partial charge in [-0.2, -0.15) is 0 Å². The normalized spacial score (nSPS) is 7.56. The average Bonchev–Trinajstić information content (AvgIpc) is 1.67. The first kappa shape index (κ1) is 11.5. The van der Waals surface area contributed by atoms with Gasteiger partial charge in [-0.15, -0.1) is 0 Å². The molecule has 0 rings (SSSR count). The third-order valence-electron chi connectivity index (χ3n) is 0.521. The molecule has 0 nitrogen and oxygen atoms in total. The van der Waals surface area contributed by atoms with Crippen molar-refractivity contribution in [2.45, 2.75) is 40.0 Å². The van der Waals surface area contributed by atoms with E-state index in [1.807, 2.05) is 6.92 Å². The molecule has 0 heterocycles. The number of halogens is 1. The second-order valence-electron chi connectivity index (χ2n) is 1.97. The van der Waals surface area contributed by atoms with Crippen molar-refractivity contribution >= 4 is 0 Å². The summed E-state index contributed by atoms with van der Waals surface area (Å²) in [5, 5.41) is 0. The Morgan fingerprint density at radius 1 is 1.33 bits per heavy atom. The van der Waals surface area contributed by atoms with E-state index in [9.17, 15) is 4.39 Å². The van der Waals surface area contributed by atoms with Gasteiger partial charge in [0.15, 0.2) is 0 Å².